The highest BCUT2D eigenvalue weighted by atomic mass is 16.5. The van der Waals surface area contributed by atoms with Crippen molar-refractivity contribution in [2.24, 2.45) is 10.9 Å². The lowest BCUT2D eigenvalue weighted by atomic mass is 10.00. The third-order valence-corrected chi connectivity index (χ3v) is 2.79. The van der Waals surface area contributed by atoms with Crippen LogP contribution < -0.4 is 0 Å². The van der Waals surface area contributed by atoms with Crippen molar-refractivity contribution in [1.82, 2.24) is 0 Å². The average Bonchev–Trinajstić information content (AvgIpc) is 2.74. The first-order valence-electron chi connectivity index (χ1n) is 5.65. The van der Waals surface area contributed by atoms with Crippen LogP contribution in [0.3, 0.4) is 0 Å². The Kier molecular flexibility index (Phi) is 3.09. The van der Waals surface area contributed by atoms with E-state index in [2.05, 4.69) is 25.4 Å². The molecule has 1 heterocycles. The molecule has 0 bridgehead atoms. The first kappa shape index (κ1) is 10.9. The van der Waals surface area contributed by atoms with Gasteiger partial charge in [-0.15, -0.1) is 0 Å². The second-order valence-electron chi connectivity index (χ2n) is 4.35. The second-order valence-corrected chi connectivity index (χ2v) is 4.35. The van der Waals surface area contributed by atoms with Gasteiger partial charge in [-0.25, -0.2) is 4.99 Å². The van der Waals surface area contributed by atoms with Gasteiger partial charge in [-0.05, 0) is 24.1 Å². The monoisotopic (exact) mass is 215 g/mol. The van der Waals surface area contributed by atoms with Gasteiger partial charge >= 0.3 is 0 Å². The minimum Gasteiger partial charge on any atom is -0.468 e. The van der Waals surface area contributed by atoms with Crippen molar-refractivity contribution < 1.29 is 4.74 Å². The summed E-state index contributed by atoms with van der Waals surface area (Å²) in [5.41, 5.74) is 1.04. The third kappa shape index (κ3) is 2.01. The van der Waals surface area contributed by atoms with Crippen LogP contribution in [-0.2, 0) is 4.74 Å². The number of ether oxygens (including phenoxy) is 1. The number of hydrogen-bond acceptors (Lipinski definition) is 2. The predicted octanol–water partition coefficient (Wildman–Crippen LogP) is 3.04. The van der Waals surface area contributed by atoms with E-state index >= 15 is 0 Å². The van der Waals surface area contributed by atoms with Crippen molar-refractivity contribution in [1.29, 1.82) is 0 Å². The van der Waals surface area contributed by atoms with E-state index in [0.717, 1.165) is 11.5 Å². The largest absolute Gasteiger partial charge is 0.468 e. The van der Waals surface area contributed by atoms with Gasteiger partial charge in [-0.2, -0.15) is 0 Å². The van der Waals surface area contributed by atoms with Crippen molar-refractivity contribution in [2.75, 3.05) is 0 Å². The van der Waals surface area contributed by atoms with Crippen molar-refractivity contribution in [2.45, 2.75) is 26.0 Å². The zero-order valence-electron chi connectivity index (χ0n) is 9.76. The molecule has 0 amide bonds. The highest BCUT2D eigenvalue weighted by Gasteiger charge is 2.31. The summed E-state index contributed by atoms with van der Waals surface area (Å²) in [6.45, 7) is 8.11. The summed E-state index contributed by atoms with van der Waals surface area (Å²) in [5.74, 6) is 1.20. The van der Waals surface area contributed by atoms with Crippen molar-refractivity contribution in [3.05, 3.63) is 48.6 Å². The fraction of sp³-hybridized carbons (Fsp3) is 0.357. The number of nitrogens with zero attached hydrogens (tertiary/aromatic N) is 1. The summed E-state index contributed by atoms with van der Waals surface area (Å²) in [7, 11) is 0. The average molecular weight is 215 g/mol. The Hall–Kier alpha value is -1.57. The predicted molar refractivity (Wildman–Crippen MR) is 66.7 cm³/mol. The summed E-state index contributed by atoms with van der Waals surface area (Å²) in [6.07, 6.45) is 1.85. The molecule has 0 aliphatic carbocycles. The lowest BCUT2D eigenvalue weighted by molar-refractivity contribution is 0.219. The molecule has 1 aromatic carbocycles. The molecular formula is C14H17NO. The van der Waals surface area contributed by atoms with Crippen LogP contribution in [0.15, 0.2) is 48.0 Å². The number of benzene rings is 1. The normalized spacial score (nSPS) is 24.1. The highest BCUT2D eigenvalue weighted by molar-refractivity contribution is 5.95. The molecule has 1 aliphatic rings. The second kappa shape index (κ2) is 4.52. The SMILES string of the molecule is C=CC1OC(c2ccccc2)=N[C@H]1C(C)C. The molecule has 2 rings (SSSR count). The molecule has 0 spiro atoms. The van der Waals surface area contributed by atoms with E-state index < -0.39 is 0 Å². The molecule has 0 aromatic heterocycles. The molecule has 0 saturated carbocycles. The van der Waals surface area contributed by atoms with Crippen molar-refractivity contribution >= 4 is 5.90 Å². The lowest BCUT2D eigenvalue weighted by Crippen LogP contribution is -2.24. The first-order valence-corrected chi connectivity index (χ1v) is 5.65. The number of hydrogen-bond donors (Lipinski definition) is 0. The molecule has 2 nitrogen and oxygen atoms in total. The summed E-state index contributed by atoms with van der Waals surface area (Å²) >= 11 is 0. The summed E-state index contributed by atoms with van der Waals surface area (Å²) in [6, 6.07) is 10.2. The van der Waals surface area contributed by atoms with Crippen LogP contribution in [0.1, 0.15) is 19.4 Å². The van der Waals surface area contributed by atoms with Crippen LogP contribution in [-0.4, -0.2) is 18.0 Å². The van der Waals surface area contributed by atoms with Gasteiger partial charge in [-0.1, -0.05) is 38.6 Å². The van der Waals surface area contributed by atoms with Gasteiger partial charge in [0, 0.05) is 5.56 Å². The Morgan fingerprint density at radius 3 is 2.50 bits per heavy atom. The van der Waals surface area contributed by atoms with Gasteiger partial charge in [0.1, 0.15) is 6.10 Å². The number of rotatable bonds is 3. The lowest BCUT2D eigenvalue weighted by Gasteiger charge is -2.16. The van der Waals surface area contributed by atoms with Gasteiger partial charge < -0.3 is 4.74 Å². The van der Waals surface area contributed by atoms with Gasteiger partial charge in [0.05, 0.1) is 6.04 Å². The molecule has 1 aliphatic heterocycles. The molecule has 0 radical (unpaired) electrons. The van der Waals surface area contributed by atoms with Crippen LogP contribution in [0.2, 0.25) is 0 Å². The molecule has 1 aromatic rings. The molecule has 0 N–H and O–H groups in total. The van der Waals surface area contributed by atoms with E-state index in [-0.39, 0.29) is 12.1 Å². The Balaban J connectivity index is 2.25. The minimum absolute atomic E-state index is 0.00945. The summed E-state index contributed by atoms with van der Waals surface area (Å²) in [4.78, 5) is 4.63. The van der Waals surface area contributed by atoms with Crippen LogP contribution in [0.4, 0.5) is 0 Å². The van der Waals surface area contributed by atoms with Crippen LogP contribution in [0, 0.1) is 5.92 Å². The van der Waals surface area contributed by atoms with Crippen LogP contribution in [0.25, 0.3) is 0 Å². The van der Waals surface area contributed by atoms with Crippen molar-refractivity contribution in [3.63, 3.8) is 0 Å². The van der Waals surface area contributed by atoms with Gasteiger partial charge in [0.15, 0.2) is 0 Å². The molecule has 16 heavy (non-hydrogen) atoms. The third-order valence-electron chi connectivity index (χ3n) is 2.79. The maximum Gasteiger partial charge on any atom is 0.217 e. The van der Waals surface area contributed by atoms with E-state index in [4.69, 9.17) is 4.74 Å². The van der Waals surface area contributed by atoms with E-state index in [1.807, 2.05) is 36.4 Å². The minimum atomic E-state index is 0.00945. The van der Waals surface area contributed by atoms with E-state index in [0.29, 0.717) is 5.92 Å². The molecule has 2 heteroatoms. The van der Waals surface area contributed by atoms with E-state index in [1.54, 1.807) is 0 Å². The molecule has 0 fully saturated rings. The van der Waals surface area contributed by atoms with Gasteiger partial charge in [0.25, 0.3) is 0 Å². The highest BCUT2D eigenvalue weighted by Crippen LogP contribution is 2.24. The fourth-order valence-corrected chi connectivity index (χ4v) is 1.88. The van der Waals surface area contributed by atoms with Crippen LogP contribution in [0.5, 0.6) is 0 Å². The molecule has 84 valence electrons. The summed E-state index contributed by atoms with van der Waals surface area (Å²) in [5, 5.41) is 0. The van der Waals surface area contributed by atoms with E-state index in [9.17, 15) is 0 Å². The zero-order valence-corrected chi connectivity index (χ0v) is 9.76. The van der Waals surface area contributed by atoms with Gasteiger partial charge in [0.2, 0.25) is 5.90 Å². The van der Waals surface area contributed by atoms with Crippen LogP contribution >= 0.6 is 0 Å². The topological polar surface area (TPSA) is 21.6 Å². The maximum atomic E-state index is 5.80. The molecule has 1 unspecified atom stereocenters. The van der Waals surface area contributed by atoms with Crippen molar-refractivity contribution in [3.8, 4) is 0 Å². The summed E-state index contributed by atoms with van der Waals surface area (Å²) < 4.78 is 5.80. The molecule has 0 saturated heterocycles. The maximum absolute atomic E-state index is 5.80. The Labute approximate surface area is 96.7 Å². The smallest absolute Gasteiger partial charge is 0.217 e. The first-order chi connectivity index (χ1) is 7.72. The Morgan fingerprint density at radius 2 is 2.00 bits per heavy atom. The van der Waals surface area contributed by atoms with Gasteiger partial charge in [-0.3, -0.25) is 0 Å². The number of aliphatic imine (C=N–C) groups is 1. The molecular weight excluding hydrogens is 198 g/mol. The fourth-order valence-electron chi connectivity index (χ4n) is 1.88. The zero-order chi connectivity index (χ0) is 11.5. The Morgan fingerprint density at radius 1 is 1.31 bits per heavy atom. The standard InChI is InChI=1S/C14H17NO/c1-4-12-13(10(2)3)15-14(16-12)11-8-6-5-7-9-11/h4-10,12-13H,1H2,2-3H3/t12?,13-/m0/s1. The van der Waals surface area contributed by atoms with E-state index in [1.165, 1.54) is 0 Å². The quantitative estimate of drug-likeness (QED) is 0.710. The Bertz CT molecular complexity index is 394. The molecule has 2 atom stereocenters.